The van der Waals surface area contributed by atoms with Gasteiger partial charge in [0.2, 0.25) is 5.91 Å². The highest BCUT2D eigenvalue weighted by Gasteiger charge is 2.52. The SMILES string of the molecule is C=CCCC(=O)N[C@@H](COc1ccccc1Cl)C(=O)O[C@H]1[C@@H](O)[C@H](n2cnc3c(N)ncnc32)O[C@@H]1COP(=O)(O)O[C@H]1[C@@H](O)[C@H](n2ccc(N)nc2=O)O[C@@H]1COP(=O)(O)O. The average molecular weight is 932 g/mol. The molecule has 0 saturated carbocycles. The van der Waals surface area contributed by atoms with E-state index in [1.54, 1.807) is 12.1 Å². The maximum absolute atomic E-state index is 13.9. The molecule has 0 radical (unpaired) electrons. The lowest BCUT2D eigenvalue weighted by Gasteiger charge is -2.26. The standard InChI is InChI=1S/C33H40ClN9O17P2/c1-2-3-8-22(44)40-17(11-54-18-7-5-4-6-16(18)34)32(47)59-26-19(57-31(24(26)45)43-15-39-23-28(36)37-14-38-29(23)43)13-56-62(52,53)60-27-20(12-55-61(49,50)51)58-30(25(27)46)42-10-9-21(35)41-33(42)48/h2,4-7,9-10,14-15,17,19-20,24-27,30-31,45-46H,1,3,8,11-13H2,(H,40,44)(H,52,53)(H2,35,41,48)(H2,36,37,38)(H2,49,50,51)/t17-,19+,20+,24+,25+,26+,27+,30+,31+/m0/s1. The van der Waals surface area contributed by atoms with E-state index in [1.165, 1.54) is 35.2 Å². The zero-order chi connectivity index (χ0) is 44.9. The summed E-state index contributed by atoms with van der Waals surface area (Å²) < 4.78 is 65.0. The molecule has 336 valence electrons. The molecule has 0 aliphatic carbocycles. The summed E-state index contributed by atoms with van der Waals surface area (Å²) in [6.07, 6.45) is -9.08. The van der Waals surface area contributed by atoms with E-state index in [0.717, 1.165) is 17.1 Å². The molecule has 2 aliphatic rings. The van der Waals surface area contributed by atoms with Gasteiger partial charge in [-0.1, -0.05) is 29.8 Å². The number of allylic oxidation sites excluding steroid dienone is 1. The molecule has 62 heavy (non-hydrogen) atoms. The van der Waals surface area contributed by atoms with Crippen molar-refractivity contribution >= 4 is 61.9 Å². The third-order valence-corrected chi connectivity index (χ3v) is 10.9. The molecule has 1 unspecified atom stereocenters. The highest BCUT2D eigenvalue weighted by atomic mass is 35.5. The lowest BCUT2D eigenvalue weighted by molar-refractivity contribution is -0.161. The quantitative estimate of drug-likeness (QED) is 0.0333. The van der Waals surface area contributed by atoms with E-state index in [1.807, 2.05) is 0 Å². The Morgan fingerprint density at radius 1 is 0.984 bits per heavy atom. The van der Waals surface area contributed by atoms with E-state index in [-0.39, 0.29) is 46.4 Å². The van der Waals surface area contributed by atoms with E-state index in [0.29, 0.717) is 0 Å². The molecule has 3 aromatic heterocycles. The molecule has 10 atom stereocenters. The Balaban J connectivity index is 1.25. The number of benzene rings is 1. The van der Waals surface area contributed by atoms with Crippen molar-refractivity contribution < 1.29 is 76.1 Å². The minimum atomic E-state index is -5.44. The van der Waals surface area contributed by atoms with Crippen molar-refractivity contribution in [1.82, 2.24) is 34.4 Å². The Bertz CT molecular complexity index is 2420. The van der Waals surface area contributed by atoms with Crippen LogP contribution in [0, 0.1) is 0 Å². The number of halogens is 1. The molecule has 10 N–H and O–H groups in total. The van der Waals surface area contributed by atoms with Gasteiger partial charge in [0.05, 0.1) is 24.6 Å². The first-order valence-corrected chi connectivity index (χ1v) is 21.5. The van der Waals surface area contributed by atoms with Crippen LogP contribution >= 0.6 is 27.2 Å². The number of aromatic nitrogens is 6. The number of aliphatic hydroxyl groups excluding tert-OH is 2. The first-order chi connectivity index (χ1) is 29.4. The topological polar surface area (TPSA) is 377 Å². The number of rotatable bonds is 19. The number of nitrogen functional groups attached to an aromatic ring is 2. The highest BCUT2D eigenvalue weighted by molar-refractivity contribution is 7.47. The van der Waals surface area contributed by atoms with Crippen LogP contribution in [0.25, 0.3) is 11.2 Å². The van der Waals surface area contributed by atoms with Crippen molar-refractivity contribution in [2.24, 2.45) is 0 Å². The summed E-state index contributed by atoms with van der Waals surface area (Å²) in [6.45, 7) is 1.02. The summed E-state index contributed by atoms with van der Waals surface area (Å²) in [6, 6.07) is 5.93. The number of hydrogen-bond donors (Lipinski definition) is 8. The van der Waals surface area contributed by atoms with Gasteiger partial charge in [0.15, 0.2) is 36.1 Å². The lowest BCUT2D eigenvalue weighted by atomic mass is 10.1. The van der Waals surface area contributed by atoms with Crippen LogP contribution < -0.4 is 27.2 Å². The van der Waals surface area contributed by atoms with Gasteiger partial charge in [-0.2, -0.15) is 4.98 Å². The fraction of sp³-hybridized carbons (Fsp3) is 0.424. The van der Waals surface area contributed by atoms with Crippen molar-refractivity contribution in [2.45, 2.75) is 68.0 Å². The highest BCUT2D eigenvalue weighted by Crippen LogP contribution is 2.50. The van der Waals surface area contributed by atoms with E-state index in [2.05, 4.69) is 36.4 Å². The molecule has 1 amide bonds. The second-order valence-corrected chi connectivity index (χ2v) is 16.5. The second kappa shape index (κ2) is 19.6. The number of fused-ring (bicyclic) bond motifs is 1. The Hall–Kier alpha value is -4.92. The number of para-hydroxylation sites is 1. The number of nitrogens with two attached hydrogens (primary N) is 2. The molecule has 2 fully saturated rings. The van der Waals surface area contributed by atoms with Crippen LogP contribution in [-0.4, -0.2) is 128 Å². The fourth-order valence-corrected chi connectivity index (χ4v) is 7.76. The molecule has 0 bridgehead atoms. The molecule has 5 heterocycles. The molecule has 4 aromatic rings. The number of ether oxygens (including phenoxy) is 4. The van der Waals surface area contributed by atoms with Crippen LogP contribution in [0.3, 0.4) is 0 Å². The van der Waals surface area contributed by atoms with Crippen LogP contribution in [0.2, 0.25) is 5.02 Å². The largest absolute Gasteiger partial charge is 0.489 e. The Morgan fingerprint density at radius 3 is 2.35 bits per heavy atom. The van der Waals surface area contributed by atoms with Gasteiger partial charge in [0.25, 0.3) is 0 Å². The van der Waals surface area contributed by atoms with Gasteiger partial charge in [0.1, 0.15) is 60.5 Å². The molecule has 26 nitrogen and oxygen atoms in total. The van der Waals surface area contributed by atoms with Gasteiger partial charge in [-0.3, -0.25) is 27.5 Å². The lowest BCUT2D eigenvalue weighted by Crippen LogP contribution is -2.49. The monoisotopic (exact) mass is 931 g/mol. The Kier molecular flexibility index (Phi) is 14.8. The number of aliphatic hydroxyl groups is 2. The Morgan fingerprint density at radius 2 is 1.66 bits per heavy atom. The van der Waals surface area contributed by atoms with Crippen LogP contribution in [0.4, 0.5) is 11.6 Å². The maximum atomic E-state index is 13.9. The van der Waals surface area contributed by atoms with Gasteiger partial charge in [-0.05, 0) is 24.6 Å². The maximum Gasteiger partial charge on any atom is 0.472 e. The van der Waals surface area contributed by atoms with Crippen molar-refractivity contribution in [1.29, 1.82) is 0 Å². The Labute approximate surface area is 354 Å². The number of phosphoric ester groups is 2. The second-order valence-electron chi connectivity index (χ2n) is 13.4. The zero-order valence-electron chi connectivity index (χ0n) is 31.9. The summed E-state index contributed by atoms with van der Waals surface area (Å²) >= 11 is 6.21. The van der Waals surface area contributed by atoms with E-state index in [4.69, 9.17) is 51.1 Å². The number of carbonyl (C=O) groups excluding carboxylic acids is 2. The van der Waals surface area contributed by atoms with Crippen molar-refractivity contribution in [3.8, 4) is 5.75 Å². The number of imidazole rings is 1. The number of amides is 1. The van der Waals surface area contributed by atoms with E-state index in [9.17, 15) is 48.4 Å². The zero-order valence-corrected chi connectivity index (χ0v) is 34.4. The van der Waals surface area contributed by atoms with E-state index < -0.39 is 108 Å². The van der Waals surface area contributed by atoms with E-state index >= 15 is 0 Å². The number of nitrogens with one attached hydrogen (secondary N) is 1. The number of phosphoric acid groups is 2. The summed E-state index contributed by atoms with van der Waals surface area (Å²) in [5.74, 6) is -1.83. The molecule has 6 rings (SSSR count). The number of anilines is 2. The predicted molar refractivity (Wildman–Crippen MR) is 209 cm³/mol. The third kappa shape index (κ3) is 11.2. The molecule has 2 saturated heterocycles. The number of hydrogen-bond acceptors (Lipinski definition) is 20. The van der Waals surface area contributed by atoms with Crippen LogP contribution in [-0.2, 0) is 46.5 Å². The fourth-order valence-electron chi connectivity index (χ4n) is 6.26. The van der Waals surface area contributed by atoms with Gasteiger partial charge < -0.3 is 60.6 Å². The first kappa shape index (κ1) is 46.6. The summed E-state index contributed by atoms with van der Waals surface area (Å²) in [7, 11) is -10.6. The van der Waals surface area contributed by atoms with Gasteiger partial charge >= 0.3 is 27.3 Å². The van der Waals surface area contributed by atoms with Gasteiger partial charge in [0, 0.05) is 12.6 Å². The molecular weight excluding hydrogens is 892 g/mol. The first-order valence-electron chi connectivity index (χ1n) is 18.1. The van der Waals surface area contributed by atoms with Crippen molar-refractivity contribution in [2.75, 3.05) is 31.3 Å². The molecule has 0 spiro atoms. The summed E-state index contributed by atoms with van der Waals surface area (Å²) in [4.78, 5) is 84.5. The number of nitrogens with zero attached hydrogens (tertiary/aromatic N) is 6. The van der Waals surface area contributed by atoms with Crippen molar-refractivity contribution in [3.63, 3.8) is 0 Å². The third-order valence-electron chi connectivity index (χ3n) is 9.16. The normalized spacial score (nSPS) is 25.3. The summed E-state index contributed by atoms with van der Waals surface area (Å²) in [5.41, 5.74) is 10.6. The average Bonchev–Trinajstić information content (AvgIpc) is 3.87. The number of esters is 1. The molecule has 2 aliphatic heterocycles. The number of carbonyl (C=O) groups is 2. The smallest absolute Gasteiger partial charge is 0.472 e. The predicted octanol–water partition coefficient (Wildman–Crippen LogP) is -0.529. The van der Waals surface area contributed by atoms with Crippen LogP contribution in [0.5, 0.6) is 5.75 Å². The van der Waals surface area contributed by atoms with Crippen LogP contribution in [0.1, 0.15) is 25.3 Å². The van der Waals surface area contributed by atoms with Crippen molar-refractivity contribution in [3.05, 3.63) is 77.3 Å². The van der Waals surface area contributed by atoms with Gasteiger partial charge in [-0.25, -0.2) is 33.7 Å². The minimum absolute atomic E-state index is 0.0293. The molecule has 29 heteroatoms. The van der Waals surface area contributed by atoms with Gasteiger partial charge in [-0.15, -0.1) is 6.58 Å². The summed E-state index contributed by atoms with van der Waals surface area (Å²) in [5, 5.41) is 25.5. The molecular formula is C33H40ClN9O17P2. The molecule has 1 aromatic carbocycles. The van der Waals surface area contributed by atoms with Crippen LogP contribution in [0.15, 0.2) is 66.6 Å². The minimum Gasteiger partial charge on any atom is -0.489 e.